The van der Waals surface area contributed by atoms with Gasteiger partial charge in [-0.3, -0.25) is 0 Å². The van der Waals surface area contributed by atoms with Crippen LogP contribution in [0, 0.1) is 0 Å². The molecule has 10 N–H and O–H groups in total. The number of carbonyl (C=O) groups is 2. The van der Waals surface area contributed by atoms with Gasteiger partial charge in [0.25, 0.3) is 0 Å². The Hall–Kier alpha value is -5.74. The van der Waals surface area contributed by atoms with Gasteiger partial charge < -0.3 is 52.1 Å². The topological polar surface area (TPSA) is 267 Å². The molecular weight excluding hydrogens is 624 g/mol. The number of rotatable bonds is 10. The van der Waals surface area contributed by atoms with E-state index in [1.807, 2.05) is 0 Å². The fourth-order valence-electron chi connectivity index (χ4n) is 3.96. The van der Waals surface area contributed by atoms with E-state index >= 15 is 0 Å². The monoisotopic (exact) mass is 664 g/mol. The summed E-state index contributed by atoms with van der Waals surface area (Å²) in [6.07, 6.45) is 0. The Kier molecular flexibility index (Phi) is 11.7. The first kappa shape index (κ1) is 36.7. The summed E-state index contributed by atoms with van der Waals surface area (Å²) in [4.78, 5) is 40.1. The van der Waals surface area contributed by atoms with E-state index in [2.05, 4.69) is 19.9 Å². The van der Waals surface area contributed by atoms with Gasteiger partial charge in [-0.2, -0.15) is 0 Å². The van der Waals surface area contributed by atoms with Crippen LogP contribution < -0.4 is 32.4 Å². The van der Waals surface area contributed by atoms with Crippen LogP contribution >= 0.6 is 0 Å². The van der Waals surface area contributed by atoms with E-state index in [0.29, 0.717) is 22.8 Å². The van der Waals surface area contributed by atoms with Crippen LogP contribution in [0.2, 0.25) is 0 Å². The zero-order valence-electron chi connectivity index (χ0n) is 27.5. The Bertz CT molecular complexity index is 1640. The van der Waals surface area contributed by atoms with Crippen molar-refractivity contribution in [2.75, 3.05) is 36.1 Å². The zero-order valence-corrected chi connectivity index (χ0v) is 27.5. The average molecular weight is 665 g/mol. The lowest BCUT2D eigenvalue weighted by atomic mass is 10.0. The van der Waals surface area contributed by atoms with Crippen molar-refractivity contribution in [1.82, 2.24) is 19.9 Å². The van der Waals surface area contributed by atoms with Crippen LogP contribution in [-0.4, -0.2) is 55.3 Å². The number of carbonyl (C=O) groups excluding carboxylic acids is 2. The molecule has 0 amide bonds. The van der Waals surface area contributed by atoms with Crippen molar-refractivity contribution in [2.24, 2.45) is 0 Å². The maximum Gasteiger partial charge on any atom is 0.359 e. The molecule has 0 aliphatic rings. The van der Waals surface area contributed by atoms with E-state index in [1.165, 1.54) is 24.3 Å². The highest BCUT2D eigenvalue weighted by molar-refractivity contribution is 5.93. The van der Waals surface area contributed by atoms with Gasteiger partial charge in [0, 0.05) is 24.3 Å². The summed E-state index contributed by atoms with van der Waals surface area (Å²) in [6, 6.07) is 12.2. The number of ether oxygens (including phenoxy) is 4. The number of nitrogens with two attached hydrogens (primary N) is 4. The molecule has 256 valence electrons. The molecule has 0 unspecified atom stereocenters. The third-order valence-corrected chi connectivity index (χ3v) is 6.12. The van der Waals surface area contributed by atoms with Crippen LogP contribution in [0.3, 0.4) is 0 Å². The average Bonchev–Trinajstić information content (AvgIpc) is 3.00. The summed E-state index contributed by atoms with van der Waals surface area (Å²) >= 11 is 0. The maximum absolute atomic E-state index is 11.8. The number of pyridine rings is 4. The van der Waals surface area contributed by atoms with Gasteiger partial charge in [-0.1, -0.05) is 0 Å². The number of esters is 2. The summed E-state index contributed by atoms with van der Waals surface area (Å²) < 4.78 is 20.8. The van der Waals surface area contributed by atoms with Crippen LogP contribution in [-0.2, 0) is 20.7 Å². The lowest BCUT2D eigenvalue weighted by Gasteiger charge is -2.20. The van der Waals surface area contributed by atoms with Crippen LogP contribution in [0.15, 0.2) is 48.5 Å². The van der Waals surface area contributed by atoms with Crippen molar-refractivity contribution in [3.8, 4) is 23.5 Å². The number of anilines is 4. The molecule has 0 spiro atoms. The molecule has 0 saturated heterocycles. The van der Waals surface area contributed by atoms with Gasteiger partial charge in [-0.15, -0.1) is 0 Å². The second-order valence-corrected chi connectivity index (χ2v) is 11.1. The van der Waals surface area contributed by atoms with Gasteiger partial charge in [0.2, 0.25) is 23.5 Å². The molecule has 0 aliphatic carbocycles. The van der Waals surface area contributed by atoms with Crippen molar-refractivity contribution in [1.29, 1.82) is 0 Å². The van der Waals surface area contributed by atoms with Crippen molar-refractivity contribution in [3.05, 3.63) is 71.3 Å². The molecule has 0 radical (unpaired) electrons. The number of aromatic nitrogens is 4. The highest BCUT2D eigenvalue weighted by Gasteiger charge is 2.24. The van der Waals surface area contributed by atoms with Crippen molar-refractivity contribution in [3.63, 3.8) is 0 Å². The molecule has 48 heavy (non-hydrogen) atoms. The molecule has 0 fully saturated rings. The van der Waals surface area contributed by atoms with Crippen molar-refractivity contribution < 1.29 is 38.7 Å². The first-order valence-corrected chi connectivity index (χ1v) is 14.7. The number of hydrogen-bond donors (Lipinski definition) is 6. The van der Waals surface area contributed by atoms with Crippen LogP contribution in [0.5, 0.6) is 23.5 Å². The van der Waals surface area contributed by atoms with Gasteiger partial charge in [0.15, 0.2) is 11.4 Å². The summed E-state index contributed by atoms with van der Waals surface area (Å²) in [7, 11) is 0. The Morgan fingerprint density at radius 1 is 0.562 bits per heavy atom. The highest BCUT2D eigenvalue weighted by Crippen LogP contribution is 2.30. The minimum Gasteiger partial charge on any atom is -0.461 e. The molecule has 16 nitrogen and oxygen atoms in total. The van der Waals surface area contributed by atoms with Gasteiger partial charge in [-0.05, 0) is 65.8 Å². The minimum absolute atomic E-state index is 0.0596. The standard InChI is InChI=1S/C16H18N4O5.C16H22N4O3/c1-3-23-15(21)13-9(17)5-7-11(19-13)25-12-8-6-10(18)14(20-12)16(22)24-4-2;1-15(2,21)13-9(17)5-7-11(19-13)23-12-8-6-10(18)14(20-12)16(3,4)22/h5-8H,3-4,17-18H2,1-2H3;5-8,21-22H,17-18H2,1-4H3. The SMILES string of the molecule is CC(C)(O)c1nc(Oc2ccc(N)c(C(C)(C)O)n2)ccc1N.CCOC(=O)c1nc(Oc2ccc(N)c(C(=O)OCC)n2)ccc1N. The lowest BCUT2D eigenvalue weighted by Crippen LogP contribution is -2.20. The summed E-state index contributed by atoms with van der Waals surface area (Å²) in [5.41, 5.74) is 22.2. The lowest BCUT2D eigenvalue weighted by molar-refractivity contribution is 0.0511. The molecule has 0 atom stereocenters. The fraction of sp³-hybridized carbons (Fsp3) is 0.312. The van der Waals surface area contributed by atoms with Crippen LogP contribution in [0.25, 0.3) is 0 Å². The molecule has 0 aliphatic heterocycles. The van der Waals surface area contributed by atoms with E-state index in [4.69, 9.17) is 41.9 Å². The molecule has 4 aromatic rings. The molecule has 4 aromatic heterocycles. The predicted molar refractivity (Wildman–Crippen MR) is 177 cm³/mol. The predicted octanol–water partition coefficient (Wildman–Crippen LogP) is 3.67. The normalized spacial score (nSPS) is 11.2. The van der Waals surface area contributed by atoms with E-state index in [-0.39, 0.29) is 59.5 Å². The number of nitrogens with zero attached hydrogens (tertiary/aromatic N) is 4. The Morgan fingerprint density at radius 3 is 1.15 bits per heavy atom. The minimum atomic E-state index is -1.20. The van der Waals surface area contributed by atoms with Gasteiger partial charge in [0.1, 0.15) is 11.2 Å². The van der Waals surface area contributed by atoms with Crippen LogP contribution in [0.1, 0.15) is 73.9 Å². The van der Waals surface area contributed by atoms with Gasteiger partial charge in [-0.25, -0.2) is 29.5 Å². The zero-order chi connectivity index (χ0) is 35.8. The summed E-state index contributed by atoms with van der Waals surface area (Å²) in [5.74, 6) is -0.745. The molecule has 0 aromatic carbocycles. The Balaban J connectivity index is 0.000000261. The third kappa shape index (κ3) is 9.63. The second-order valence-electron chi connectivity index (χ2n) is 11.1. The maximum atomic E-state index is 11.8. The van der Waals surface area contributed by atoms with E-state index < -0.39 is 23.1 Å². The smallest absolute Gasteiger partial charge is 0.359 e. The molecule has 0 bridgehead atoms. The molecule has 4 rings (SSSR count). The Morgan fingerprint density at radius 2 is 0.854 bits per heavy atom. The first-order chi connectivity index (χ1) is 22.4. The number of nitrogen functional groups attached to an aromatic ring is 4. The van der Waals surface area contributed by atoms with Gasteiger partial charge >= 0.3 is 11.9 Å². The fourth-order valence-corrected chi connectivity index (χ4v) is 3.96. The summed E-state index contributed by atoms with van der Waals surface area (Å²) in [5, 5.41) is 20.2. The second kappa shape index (κ2) is 15.2. The van der Waals surface area contributed by atoms with Crippen molar-refractivity contribution >= 4 is 34.7 Å². The van der Waals surface area contributed by atoms with E-state index in [1.54, 1.807) is 65.8 Å². The third-order valence-electron chi connectivity index (χ3n) is 6.12. The first-order valence-electron chi connectivity index (χ1n) is 14.7. The van der Waals surface area contributed by atoms with E-state index in [9.17, 15) is 19.8 Å². The number of hydrogen-bond acceptors (Lipinski definition) is 16. The number of aliphatic hydroxyl groups is 2. The molecule has 4 heterocycles. The highest BCUT2D eigenvalue weighted by atomic mass is 16.5. The molecular formula is C32H40N8O8. The molecule has 16 heteroatoms. The van der Waals surface area contributed by atoms with Gasteiger partial charge in [0.05, 0.1) is 47.4 Å². The van der Waals surface area contributed by atoms with Crippen LogP contribution in [0.4, 0.5) is 22.7 Å². The molecule has 0 saturated carbocycles. The Labute approximate surface area is 277 Å². The van der Waals surface area contributed by atoms with E-state index in [0.717, 1.165) is 0 Å². The summed E-state index contributed by atoms with van der Waals surface area (Å²) in [6.45, 7) is 10.1. The largest absolute Gasteiger partial charge is 0.461 e. The van der Waals surface area contributed by atoms with Crippen molar-refractivity contribution in [2.45, 2.75) is 52.7 Å². The quantitative estimate of drug-likeness (QED) is 0.132.